The smallest absolute Gasteiger partial charge is 0.213 e. The molecule has 1 atom stereocenters. The third-order valence-electron chi connectivity index (χ3n) is 2.34. The van der Waals surface area contributed by atoms with Crippen molar-refractivity contribution >= 4 is 21.4 Å². The van der Waals surface area contributed by atoms with Gasteiger partial charge in [0.05, 0.1) is 0 Å². The third kappa shape index (κ3) is 4.09. The second kappa shape index (κ2) is 4.85. The molecule has 0 saturated carbocycles. The Morgan fingerprint density at radius 1 is 1.40 bits per heavy atom. The normalized spacial score (nSPS) is 22.3. The molecule has 0 bridgehead atoms. The number of ketones is 2. The molecule has 5 nitrogen and oxygen atoms in total. The summed E-state index contributed by atoms with van der Waals surface area (Å²) in [7, 11) is -3.40. The molecular formula is C9H15NO4S. The highest BCUT2D eigenvalue weighted by atomic mass is 32.2. The van der Waals surface area contributed by atoms with Crippen molar-refractivity contribution in [3.05, 3.63) is 0 Å². The fourth-order valence-electron chi connectivity index (χ4n) is 1.61. The summed E-state index contributed by atoms with van der Waals surface area (Å²) in [6.07, 6.45) is 2.47. The van der Waals surface area contributed by atoms with Gasteiger partial charge in [-0.05, 0) is 19.4 Å². The van der Waals surface area contributed by atoms with Crippen molar-refractivity contribution < 1.29 is 18.0 Å². The van der Waals surface area contributed by atoms with Crippen LogP contribution in [0.4, 0.5) is 0 Å². The summed E-state index contributed by atoms with van der Waals surface area (Å²) < 4.78 is 21.7. The molecule has 1 heterocycles. The maximum Gasteiger partial charge on any atom is 0.213 e. The molecule has 1 rings (SSSR count). The summed E-state index contributed by atoms with van der Waals surface area (Å²) in [5.41, 5.74) is 0. The van der Waals surface area contributed by atoms with E-state index < -0.39 is 27.2 Å². The molecule has 1 aliphatic heterocycles. The zero-order valence-electron chi connectivity index (χ0n) is 8.65. The number of nitrogens with one attached hydrogen (secondary N) is 1. The van der Waals surface area contributed by atoms with Crippen molar-refractivity contribution in [2.45, 2.75) is 12.8 Å². The minimum atomic E-state index is -3.40. The minimum Gasteiger partial charge on any atom is -0.316 e. The predicted octanol–water partition coefficient (Wildman–Crippen LogP) is -0.831. The zero-order chi connectivity index (χ0) is 11.5. The lowest BCUT2D eigenvalue weighted by molar-refractivity contribution is -0.137. The quantitative estimate of drug-likeness (QED) is 0.641. The molecule has 0 radical (unpaired) electrons. The Labute approximate surface area is 89.2 Å². The van der Waals surface area contributed by atoms with Gasteiger partial charge in [0.25, 0.3) is 0 Å². The monoisotopic (exact) mass is 233 g/mol. The Balaban J connectivity index is 2.56. The van der Waals surface area contributed by atoms with E-state index in [9.17, 15) is 18.0 Å². The fourth-order valence-corrected chi connectivity index (χ4v) is 2.23. The van der Waals surface area contributed by atoms with E-state index >= 15 is 0 Å². The largest absolute Gasteiger partial charge is 0.316 e. The lowest BCUT2D eigenvalue weighted by Gasteiger charge is -2.20. The summed E-state index contributed by atoms with van der Waals surface area (Å²) in [5.74, 6) is -2.34. The molecule has 1 fully saturated rings. The average molecular weight is 233 g/mol. The van der Waals surface area contributed by atoms with E-state index in [1.807, 2.05) is 0 Å². The van der Waals surface area contributed by atoms with Crippen LogP contribution in [0.1, 0.15) is 12.8 Å². The van der Waals surface area contributed by atoms with Crippen LogP contribution in [0.5, 0.6) is 0 Å². The van der Waals surface area contributed by atoms with E-state index in [0.717, 1.165) is 19.2 Å². The minimum absolute atomic E-state index is 0.340. The standard InChI is InChI=1S/C9H15NO4S/c1-15(13,14)6-8(11)9(12)7-3-2-4-10-5-7/h7,10H,2-6H2,1H3. The molecule has 0 aliphatic carbocycles. The first kappa shape index (κ1) is 12.3. The molecule has 0 aromatic heterocycles. The van der Waals surface area contributed by atoms with Crippen molar-refractivity contribution in [2.24, 2.45) is 5.92 Å². The SMILES string of the molecule is CS(=O)(=O)CC(=O)C(=O)C1CCCNC1. The maximum absolute atomic E-state index is 11.5. The van der Waals surface area contributed by atoms with Gasteiger partial charge in [0.15, 0.2) is 9.84 Å². The first-order valence-corrected chi connectivity index (χ1v) is 6.91. The van der Waals surface area contributed by atoms with E-state index in [0.29, 0.717) is 13.0 Å². The molecule has 0 spiro atoms. The van der Waals surface area contributed by atoms with Gasteiger partial charge >= 0.3 is 0 Å². The number of carbonyl (C=O) groups is 2. The van der Waals surface area contributed by atoms with Gasteiger partial charge in [-0.2, -0.15) is 0 Å². The maximum atomic E-state index is 11.5. The summed E-state index contributed by atoms with van der Waals surface area (Å²) in [5, 5.41) is 3.01. The third-order valence-corrected chi connectivity index (χ3v) is 3.12. The Hall–Kier alpha value is -0.750. The highest BCUT2D eigenvalue weighted by molar-refractivity contribution is 7.91. The Morgan fingerprint density at radius 3 is 2.53 bits per heavy atom. The molecule has 1 unspecified atom stereocenters. The highest BCUT2D eigenvalue weighted by Gasteiger charge is 2.28. The van der Waals surface area contributed by atoms with Gasteiger partial charge in [-0.15, -0.1) is 0 Å². The number of Topliss-reactive ketones (excluding diaryl/α,β-unsaturated/α-hetero) is 2. The average Bonchev–Trinajstić information content (AvgIpc) is 2.15. The van der Waals surface area contributed by atoms with Crippen molar-refractivity contribution in [1.29, 1.82) is 0 Å². The molecule has 1 saturated heterocycles. The summed E-state index contributed by atoms with van der Waals surface area (Å²) >= 11 is 0. The molecule has 0 amide bonds. The summed E-state index contributed by atoms with van der Waals surface area (Å²) in [4.78, 5) is 22.8. The van der Waals surface area contributed by atoms with Crippen molar-refractivity contribution in [2.75, 3.05) is 25.1 Å². The lowest BCUT2D eigenvalue weighted by Crippen LogP contribution is -2.39. The number of hydrogen-bond acceptors (Lipinski definition) is 5. The number of piperidine rings is 1. The van der Waals surface area contributed by atoms with Crippen LogP contribution in [0.2, 0.25) is 0 Å². The van der Waals surface area contributed by atoms with Crippen LogP contribution in [0.3, 0.4) is 0 Å². The predicted molar refractivity (Wildman–Crippen MR) is 55.3 cm³/mol. The van der Waals surface area contributed by atoms with Crippen LogP contribution in [-0.4, -0.2) is 45.1 Å². The van der Waals surface area contributed by atoms with E-state index in [1.165, 1.54) is 0 Å². The van der Waals surface area contributed by atoms with Gasteiger partial charge in [0.2, 0.25) is 11.6 Å². The van der Waals surface area contributed by atoms with Gasteiger partial charge in [0, 0.05) is 18.7 Å². The van der Waals surface area contributed by atoms with E-state index in [2.05, 4.69) is 5.32 Å². The van der Waals surface area contributed by atoms with Gasteiger partial charge in [-0.1, -0.05) is 0 Å². The van der Waals surface area contributed by atoms with Gasteiger partial charge in [-0.3, -0.25) is 9.59 Å². The van der Waals surface area contributed by atoms with Crippen molar-refractivity contribution in [3.63, 3.8) is 0 Å². The molecular weight excluding hydrogens is 218 g/mol. The first-order valence-electron chi connectivity index (χ1n) is 4.85. The van der Waals surface area contributed by atoms with Gasteiger partial charge in [-0.25, -0.2) is 8.42 Å². The lowest BCUT2D eigenvalue weighted by atomic mass is 9.93. The van der Waals surface area contributed by atoms with Crippen LogP contribution in [0, 0.1) is 5.92 Å². The molecule has 6 heteroatoms. The van der Waals surface area contributed by atoms with E-state index in [1.54, 1.807) is 0 Å². The highest BCUT2D eigenvalue weighted by Crippen LogP contribution is 2.11. The first-order chi connectivity index (χ1) is 6.90. The molecule has 86 valence electrons. The van der Waals surface area contributed by atoms with E-state index in [4.69, 9.17) is 0 Å². The zero-order valence-corrected chi connectivity index (χ0v) is 9.47. The molecule has 1 N–H and O–H groups in total. The van der Waals surface area contributed by atoms with Crippen LogP contribution in [-0.2, 0) is 19.4 Å². The van der Waals surface area contributed by atoms with Crippen LogP contribution < -0.4 is 5.32 Å². The van der Waals surface area contributed by atoms with Crippen LogP contribution >= 0.6 is 0 Å². The molecule has 1 aliphatic rings. The van der Waals surface area contributed by atoms with Gasteiger partial charge in [0.1, 0.15) is 5.75 Å². The Bertz CT molecular complexity index is 354. The van der Waals surface area contributed by atoms with Crippen LogP contribution in [0.25, 0.3) is 0 Å². The number of carbonyl (C=O) groups excluding carboxylic acids is 2. The second-order valence-corrected chi connectivity index (χ2v) is 6.04. The molecule has 15 heavy (non-hydrogen) atoms. The molecule has 0 aromatic carbocycles. The fraction of sp³-hybridized carbons (Fsp3) is 0.778. The van der Waals surface area contributed by atoms with Crippen LogP contribution in [0.15, 0.2) is 0 Å². The Morgan fingerprint density at radius 2 is 2.07 bits per heavy atom. The number of hydrogen-bond donors (Lipinski definition) is 1. The number of rotatable bonds is 4. The summed E-state index contributed by atoms with van der Waals surface area (Å²) in [6, 6.07) is 0. The van der Waals surface area contributed by atoms with Crippen molar-refractivity contribution in [1.82, 2.24) is 5.32 Å². The summed E-state index contributed by atoms with van der Waals surface area (Å²) in [6.45, 7) is 1.33. The molecule has 0 aromatic rings. The second-order valence-electron chi connectivity index (χ2n) is 3.90. The van der Waals surface area contributed by atoms with Gasteiger partial charge < -0.3 is 5.32 Å². The van der Waals surface area contributed by atoms with E-state index in [-0.39, 0.29) is 5.92 Å². The number of sulfone groups is 1. The van der Waals surface area contributed by atoms with Crippen molar-refractivity contribution in [3.8, 4) is 0 Å². The topological polar surface area (TPSA) is 80.3 Å². The Kier molecular flexibility index (Phi) is 3.98.